The summed E-state index contributed by atoms with van der Waals surface area (Å²) in [5.74, 6) is 0.328. The van der Waals surface area contributed by atoms with Crippen molar-refractivity contribution in [2.24, 2.45) is 0 Å². The number of rotatable bonds is 13. The molecule has 0 aliphatic carbocycles. The summed E-state index contributed by atoms with van der Waals surface area (Å²) in [5.41, 5.74) is 1.77. The number of quaternary nitrogens is 1. The first-order chi connectivity index (χ1) is 17.4. The van der Waals surface area contributed by atoms with Gasteiger partial charge in [0.25, 0.3) is 11.8 Å². The van der Waals surface area contributed by atoms with Crippen molar-refractivity contribution in [2.45, 2.75) is 71.3 Å². The van der Waals surface area contributed by atoms with Crippen LogP contribution in [0.3, 0.4) is 0 Å². The molecule has 2 aromatic carbocycles. The van der Waals surface area contributed by atoms with Crippen LogP contribution in [0.1, 0.15) is 85.9 Å². The van der Waals surface area contributed by atoms with Gasteiger partial charge in [-0.2, -0.15) is 0 Å². The van der Waals surface area contributed by atoms with Crippen LogP contribution in [0.4, 0.5) is 5.69 Å². The van der Waals surface area contributed by atoms with Crippen molar-refractivity contribution in [1.29, 1.82) is 0 Å². The Balaban J connectivity index is 0.00000481. The third-order valence-corrected chi connectivity index (χ3v) is 7.43. The highest BCUT2D eigenvalue weighted by Crippen LogP contribution is 2.21. The largest absolute Gasteiger partial charge is 1.00 e. The van der Waals surface area contributed by atoms with Gasteiger partial charge in [-0.15, -0.1) is 0 Å². The zero-order valence-corrected chi connectivity index (χ0v) is 24.3. The van der Waals surface area contributed by atoms with E-state index in [-0.39, 0.29) is 34.8 Å². The second-order valence-corrected chi connectivity index (χ2v) is 10.3. The lowest BCUT2D eigenvalue weighted by molar-refractivity contribution is -0.912. The summed E-state index contributed by atoms with van der Waals surface area (Å²) in [4.78, 5) is 25.7. The van der Waals surface area contributed by atoms with E-state index in [9.17, 15) is 9.59 Å². The van der Waals surface area contributed by atoms with Crippen LogP contribution in [0.2, 0.25) is 0 Å². The number of carbonyl (C=O) groups is 2. The third kappa shape index (κ3) is 9.78. The number of para-hydroxylation sites is 1. The highest BCUT2D eigenvalue weighted by molar-refractivity contribution is 6.06. The number of hydrogen-bond acceptors (Lipinski definition) is 3. The Morgan fingerprint density at radius 1 is 0.892 bits per heavy atom. The molecule has 37 heavy (non-hydrogen) atoms. The number of hydrogen-bond donors (Lipinski definition) is 2. The SMILES string of the molecule is CCCCCCCCOc1ccccc1C(=O)Nc1ccc(C(=O)NC2CC[N+](C)(CC)CC2)cc1.[Br-]. The van der Waals surface area contributed by atoms with E-state index in [4.69, 9.17) is 4.74 Å². The molecule has 1 aliphatic rings. The number of nitrogens with zero attached hydrogens (tertiary/aromatic N) is 1. The standard InChI is InChI=1S/C30H43N3O3.BrH/c1-4-6-7-8-9-12-23-36-28-14-11-10-13-27(28)30(35)32-25-17-15-24(16-18-25)29(34)31-26-19-21-33(3,5-2)22-20-26;/h10-11,13-18,26H,4-9,12,19-23H2,1-3H3,(H-,31,32,34,35);1H. The Bertz CT molecular complexity index is 972. The maximum atomic E-state index is 12.9. The highest BCUT2D eigenvalue weighted by Gasteiger charge is 2.29. The van der Waals surface area contributed by atoms with E-state index < -0.39 is 0 Å². The Morgan fingerprint density at radius 2 is 1.54 bits per heavy atom. The van der Waals surface area contributed by atoms with Gasteiger partial charge >= 0.3 is 0 Å². The number of ether oxygens (including phenoxy) is 1. The third-order valence-electron chi connectivity index (χ3n) is 7.43. The van der Waals surface area contributed by atoms with Crippen LogP contribution in [0.25, 0.3) is 0 Å². The highest BCUT2D eigenvalue weighted by atomic mass is 79.9. The summed E-state index contributed by atoms with van der Waals surface area (Å²) in [6.07, 6.45) is 9.17. The van der Waals surface area contributed by atoms with Crippen molar-refractivity contribution >= 4 is 17.5 Å². The van der Waals surface area contributed by atoms with Gasteiger partial charge in [0.05, 0.1) is 38.9 Å². The fourth-order valence-corrected chi connectivity index (χ4v) is 4.67. The van der Waals surface area contributed by atoms with E-state index >= 15 is 0 Å². The van der Waals surface area contributed by atoms with E-state index in [1.54, 1.807) is 30.3 Å². The number of likely N-dealkylation sites (tertiary alicyclic amines) is 1. The van der Waals surface area contributed by atoms with Crippen molar-refractivity contribution < 1.29 is 35.8 Å². The molecule has 3 rings (SSSR count). The van der Waals surface area contributed by atoms with Gasteiger partial charge < -0.3 is 36.8 Å². The van der Waals surface area contributed by atoms with Gasteiger partial charge in [-0.3, -0.25) is 9.59 Å². The number of nitrogens with one attached hydrogen (secondary N) is 2. The number of anilines is 1. The normalized spacial score (nSPS) is 18.9. The van der Waals surface area contributed by atoms with Gasteiger partial charge in [0, 0.05) is 30.1 Å². The Hall–Kier alpha value is -2.38. The monoisotopic (exact) mass is 573 g/mol. The number of halogens is 1. The molecular formula is C30H44BrN3O3. The van der Waals surface area contributed by atoms with Crippen molar-refractivity contribution in [1.82, 2.24) is 5.32 Å². The summed E-state index contributed by atoms with van der Waals surface area (Å²) in [6, 6.07) is 14.6. The first-order valence-electron chi connectivity index (χ1n) is 13.7. The Kier molecular flexibility index (Phi) is 13.1. The number of unbranched alkanes of at least 4 members (excludes halogenated alkanes) is 5. The van der Waals surface area contributed by atoms with Gasteiger partial charge in [-0.05, 0) is 49.7 Å². The first-order valence-corrected chi connectivity index (χ1v) is 13.7. The molecule has 0 bridgehead atoms. The summed E-state index contributed by atoms with van der Waals surface area (Å²) in [6.45, 7) is 8.37. The first kappa shape index (κ1) is 30.8. The molecule has 2 N–H and O–H groups in total. The molecule has 2 amide bonds. The predicted molar refractivity (Wildman–Crippen MR) is 147 cm³/mol. The number of benzene rings is 2. The lowest BCUT2D eigenvalue weighted by Gasteiger charge is -2.40. The van der Waals surface area contributed by atoms with Crippen LogP contribution in [-0.2, 0) is 0 Å². The molecule has 1 heterocycles. The topological polar surface area (TPSA) is 67.4 Å². The molecule has 1 aliphatic heterocycles. The number of amides is 2. The summed E-state index contributed by atoms with van der Waals surface area (Å²) >= 11 is 0. The molecule has 0 unspecified atom stereocenters. The summed E-state index contributed by atoms with van der Waals surface area (Å²) < 4.78 is 7.01. The zero-order chi connectivity index (χ0) is 25.8. The van der Waals surface area contributed by atoms with E-state index in [1.807, 2.05) is 18.2 Å². The molecule has 204 valence electrons. The van der Waals surface area contributed by atoms with Crippen LogP contribution in [0.15, 0.2) is 48.5 Å². The fourth-order valence-electron chi connectivity index (χ4n) is 4.67. The molecule has 1 saturated heterocycles. The van der Waals surface area contributed by atoms with Gasteiger partial charge in [-0.1, -0.05) is 51.2 Å². The van der Waals surface area contributed by atoms with Crippen LogP contribution in [0, 0.1) is 0 Å². The summed E-state index contributed by atoms with van der Waals surface area (Å²) in [5, 5.41) is 6.11. The fraction of sp³-hybridized carbons (Fsp3) is 0.533. The minimum atomic E-state index is -0.218. The lowest BCUT2D eigenvalue weighted by Crippen LogP contribution is -3.00. The van der Waals surface area contributed by atoms with E-state index in [0.29, 0.717) is 29.2 Å². The molecule has 0 aromatic heterocycles. The summed E-state index contributed by atoms with van der Waals surface area (Å²) in [7, 11) is 2.28. The zero-order valence-electron chi connectivity index (χ0n) is 22.7. The van der Waals surface area contributed by atoms with Crippen molar-refractivity contribution in [2.75, 3.05) is 38.6 Å². The molecule has 0 saturated carbocycles. The smallest absolute Gasteiger partial charge is 0.259 e. The lowest BCUT2D eigenvalue weighted by atomic mass is 10.0. The van der Waals surface area contributed by atoms with Crippen LogP contribution in [0.5, 0.6) is 5.75 Å². The van der Waals surface area contributed by atoms with E-state index in [1.165, 1.54) is 25.7 Å². The number of carbonyl (C=O) groups excluding carboxylic acids is 2. The molecule has 1 fully saturated rings. The van der Waals surface area contributed by atoms with Gasteiger partial charge in [0.1, 0.15) is 5.75 Å². The van der Waals surface area contributed by atoms with Gasteiger partial charge in [0.2, 0.25) is 0 Å². The van der Waals surface area contributed by atoms with E-state index in [0.717, 1.165) is 49.8 Å². The van der Waals surface area contributed by atoms with Crippen molar-refractivity contribution in [3.63, 3.8) is 0 Å². The number of piperidine rings is 1. The second kappa shape index (κ2) is 15.8. The maximum Gasteiger partial charge on any atom is 0.259 e. The minimum absolute atomic E-state index is 0. The molecule has 6 nitrogen and oxygen atoms in total. The second-order valence-electron chi connectivity index (χ2n) is 10.3. The molecular weight excluding hydrogens is 530 g/mol. The molecule has 2 aromatic rings. The van der Waals surface area contributed by atoms with Crippen molar-refractivity contribution in [3.05, 3.63) is 59.7 Å². The van der Waals surface area contributed by atoms with Crippen molar-refractivity contribution in [3.8, 4) is 5.75 Å². The minimum Gasteiger partial charge on any atom is -1.00 e. The van der Waals surface area contributed by atoms with Crippen LogP contribution < -0.4 is 32.4 Å². The van der Waals surface area contributed by atoms with Crippen LogP contribution >= 0.6 is 0 Å². The van der Waals surface area contributed by atoms with Gasteiger partial charge in [0.15, 0.2) is 0 Å². The Labute approximate surface area is 233 Å². The van der Waals surface area contributed by atoms with E-state index in [2.05, 4.69) is 31.5 Å². The molecule has 7 heteroatoms. The average molecular weight is 575 g/mol. The van der Waals surface area contributed by atoms with Gasteiger partial charge in [-0.25, -0.2) is 0 Å². The average Bonchev–Trinajstić information content (AvgIpc) is 2.90. The molecule has 0 spiro atoms. The Morgan fingerprint density at radius 3 is 2.22 bits per heavy atom. The maximum absolute atomic E-state index is 12.9. The quantitative estimate of drug-likeness (QED) is 0.286. The molecule has 0 radical (unpaired) electrons. The predicted octanol–water partition coefficient (Wildman–Crippen LogP) is 3.04. The van der Waals surface area contributed by atoms with Crippen LogP contribution in [-0.4, -0.2) is 55.6 Å². The molecule has 0 atom stereocenters.